The number of carbonyl (C=O) groups is 1. The van der Waals surface area contributed by atoms with Crippen LogP contribution in [0.5, 0.6) is 5.88 Å². The van der Waals surface area contributed by atoms with Crippen LogP contribution in [-0.2, 0) is 0 Å². The summed E-state index contributed by atoms with van der Waals surface area (Å²) in [6.07, 6.45) is 1.50. The molecule has 2 aromatic heterocycles. The Morgan fingerprint density at radius 3 is 2.88 bits per heavy atom. The molecule has 2 N–H and O–H groups in total. The van der Waals surface area contributed by atoms with E-state index >= 15 is 0 Å². The topological polar surface area (TPSA) is 83.7 Å². The van der Waals surface area contributed by atoms with Crippen LogP contribution in [0.1, 0.15) is 35.7 Å². The lowest BCUT2D eigenvalue weighted by Crippen LogP contribution is -2.26. The zero-order valence-electron chi connectivity index (χ0n) is 12.9. The van der Waals surface area contributed by atoms with Crippen LogP contribution in [0.15, 0.2) is 34.6 Å². The van der Waals surface area contributed by atoms with Crippen molar-refractivity contribution in [3.8, 4) is 5.88 Å². The Morgan fingerprint density at radius 1 is 1.42 bits per heavy atom. The zero-order valence-corrected chi connectivity index (χ0v) is 14.5. The number of thiazole rings is 1. The van der Waals surface area contributed by atoms with E-state index in [1.165, 1.54) is 21.9 Å². The molecular weight excluding hydrogens is 350 g/mol. The highest BCUT2D eigenvalue weighted by Crippen LogP contribution is 2.31. The monoisotopic (exact) mass is 363 g/mol. The van der Waals surface area contributed by atoms with Crippen LogP contribution < -0.4 is 10.9 Å². The Hall–Kier alpha value is -2.38. The quantitative estimate of drug-likeness (QED) is 0.746. The first-order valence-corrected chi connectivity index (χ1v) is 8.44. The molecule has 0 atom stereocenters. The first-order chi connectivity index (χ1) is 11.4. The molecular formula is C16H14ClN3O3S. The number of anilines is 1. The molecule has 1 amide bonds. The SMILES string of the molecule is CC(C)c1cccc(NC(=O)c2c(O)nc3sccn3c2=O)c1Cl. The van der Waals surface area contributed by atoms with Gasteiger partial charge < -0.3 is 10.4 Å². The van der Waals surface area contributed by atoms with E-state index in [0.29, 0.717) is 15.7 Å². The number of nitrogens with one attached hydrogen (secondary N) is 1. The molecule has 0 aliphatic carbocycles. The fourth-order valence-corrected chi connectivity index (χ4v) is 3.44. The highest BCUT2D eigenvalue weighted by molar-refractivity contribution is 7.15. The molecule has 0 spiro atoms. The maximum absolute atomic E-state index is 12.5. The van der Waals surface area contributed by atoms with Crippen molar-refractivity contribution in [2.75, 3.05) is 5.32 Å². The van der Waals surface area contributed by atoms with Gasteiger partial charge >= 0.3 is 0 Å². The van der Waals surface area contributed by atoms with E-state index in [9.17, 15) is 14.7 Å². The van der Waals surface area contributed by atoms with Crippen LogP contribution in [-0.4, -0.2) is 20.4 Å². The number of fused-ring (bicyclic) bond motifs is 1. The number of amides is 1. The largest absolute Gasteiger partial charge is 0.492 e. The first kappa shape index (κ1) is 16.5. The van der Waals surface area contributed by atoms with Gasteiger partial charge in [0, 0.05) is 11.6 Å². The Morgan fingerprint density at radius 2 is 2.17 bits per heavy atom. The standard InChI is InChI=1S/C16H14ClN3O3S/c1-8(2)9-4-3-5-10(12(9)17)18-13(21)11-14(22)19-16-20(15(11)23)6-7-24-16/h3-8,22H,1-2H3,(H,18,21). The molecule has 0 bridgehead atoms. The Balaban J connectivity index is 2.03. The van der Waals surface area contributed by atoms with Crippen LogP contribution >= 0.6 is 22.9 Å². The molecule has 0 unspecified atom stereocenters. The fourth-order valence-electron chi connectivity index (χ4n) is 2.35. The van der Waals surface area contributed by atoms with Crippen molar-refractivity contribution in [2.45, 2.75) is 19.8 Å². The van der Waals surface area contributed by atoms with Gasteiger partial charge in [-0.05, 0) is 17.5 Å². The second kappa shape index (κ2) is 6.26. The molecule has 6 nitrogen and oxygen atoms in total. The molecule has 0 radical (unpaired) electrons. The molecule has 24 heavy (non-hydrogen) atoms. The van der Waals surface area contributed by atoms with Crippen molar-refractivity contribution in [1.82, 2.24) is 9.38 Å². The van der Waals surface area contributed by atoms with Gasteiger partial charge in [-0.25, -0.2) is 0 Å². The number of aromatic nitrogens is 2. The molecule has 124 valence electrons. The van der Waals surface area contributed by atoms with E-state index in [1.807, 2.05) is 19.9 Å². The van der Waals surface area contributed by atoms with Crippen molar-refractivity contribution in [2.24, 2.45) is 0 Å². The van der Waals surface area contributed by atoms with Crippen molar-refractivity contribution in [1.29, 1.82) is 0 Å². The number of rotatable bonds is 3. The summed E-state index contributed by atoms with van der Waals surface area (Å²) in [5.41, 5.74) is 0.202. The Labute approximate surface area is 146 Å². The highest BCUT2D eigenvalue weighted by Gasteiger charge is 2.21. The van der Waals surface area contributed by atoms with Gasteiger partial charge in [-0.15, -0.1) is 11.3 Å². The Bertz CT molecular complexity index is 994. The molecule has 3 rings (SSSR count). The highest BCUT2D eigenvalue weighted by atomic mass is 35.5. The van der Waals surface area contributed by atoms with Crippen molar-refractivity contribution in [3.05, 3.63) is 56.3 Å². The van der Waals surface area contributed by atoms with Crippen LogP contribution in [0, 0.1) is 0 Å². The second-order valence-electron chi connectivity index (χ2n) is 5.49. The van der Waals surface area contributed by atoms with Crippen molar-refractivity contribution in [3.63, 3.8) is 0 Å². The molecule has 0 saturated heterocycles. The zero-order chi connectivity index (χ0) is 17.4. The summed E-state index contributed by atoms with van der Waals surface area (Å²) < 4.78 is 1.21. The van der Waals surface area contributed by atoms with Crippen LogP contribution in [0.2, 0.25) is 5.02 Å². The van der Waals surface area contributed by atoms with E-state index in [-0.39, 0.29) is 5.92 Å². The summed E-state index contributed by atoms with van der Waals surface area (Å²) in [6, 6.07) is 5.27. The summed E-state index contributed by atoms with van der Waals surface area (Å²) in [4.78, 5) is 29.0. The third-order valence-corrected chi connectivity index (χ3v) is 4.75. The van der Waals surface area contributed by atoms with Gasteiger partial charge in [0.2, 0.25) is 5.88 Å². The lowest BCUT2D eigenvalue weighted by molar-refractivity contribution is 0.102. The molecule has 0 fully saturated rings. The summed E-state index contributed by atoms with van der Waals surface area (Å²) in [6.45, 7) is 3.97. The summed E-state index contributed by atoms with van der Waals surface area (Å²) in [5.74, 6) is -1.18. The number of aromatic hydroxyl groups is 1. The molecule has 3 aromatic rings. The minimum absolute atomic E-state index is 0.178. The van der Waals surface area contributed by atoms with E-state index in [0.717, 1.165) is 5.56 Å². The summed E-state index contributed by atoms with van der Waals surface area (Å²) in [7, 11) is 0. The molecule has 1 aromatic carbocycles. The smallest absolute Gasteiger partial charge is 0.275 e. The van der Waals surface area contributed by atoms with Crippen molar-refractivity contribution < 1.29 is 9.90 Å². The molecule has 2 heterocycles. The number of carbonyl (C=O) groups excluding carboxylic acids is 1. The fraction of sp³-hybridized carbons (Fsp3) is 0.188. The second-order valence-corrected chi connectivity index (χ2v) is 6.74. The van der Waals surface area contributed by atoms with Gasteiger partial charge in [-0.2, -0.15) is 4.98 Å². The van der Waals surface area contributed by atoms with Gasteiger partial charge in [0.15, 0.2) is 10.5 Å². The lowest BCUT2D eigenvalue weighted by atomic mass is 10.0. The van der Waals surface area contributed by atoms with Gasteiger partial charge in [-0.1, -0.05) is 37.6 Å². The number of nitrogens with zero attached hydrogens (tertiary/aromatic N) is 2. The molecule has 0 aliphatic heterocycles. The van der Waals surface area contributed by atoms with Gasteiger partial charge in [0.1, 0.15) is 0 Å². The minimum atomic E-state index is -0.756. The molecule has 0 saturated carbocycles. The number of hydrogen-bond acceptors (Lipinski definition) is 5. The third kappa shape index (κ3) is 2.76. The summed E-state index contributed by atoms with van der Waals surface area (Å²) in [5, 5.41) is 14.6. The van der Waals surface area contributed by atoms with Crippen LogP contribution in [0.25, 0.3) is 4.96 Å². The average Bonchev–Trinajstić information content (AvgIpc) is 2.97. The van der Waals surface area contributed by atoms with Gasteiger partial charge in [0.05, 0.1) is 10.7 Å². The third-order valence-electron chi connectivity index (χ3n) is 3.57. The van der Waals surface area contributed by atoms with E-state index in [2.05, 4.69) is 10.3 Å². The first-order valence-electron chi connectivity index (χ1n) is 7.18. The van der Waals surface area contributed by atoms with E-state index in [4.69, 9.17) is 11.6 Å². The minimum Gasteiger partial charge on any atom is -0.492 e. The molecule has 0 aliphatic rings. The lowest BCUT2D eigenvalue weighted by Gasteiger charge is -2.13. The molecule has 8 heteroatoms. The maximum atomic E-state index is 12.5. The number of benzene rings is 1. The van der Waals surface area contributed by atoms with E-state index < -0.39 is 22.9 Å². The predicted molar refractivity (Wildman–Crippen MR) is 94.5 cm³/mol. The normalized spacial score (nSPS) is 11.2. The van der Waals surface area contributed by atoms with Crippen LogP contribution in [0.4, 0.5) is 5.69 Å². The van der Waals surface area contributed by atoms with E-state index in [1.54, 1.807) is 17.5 Å². The summed E-state index contributed by atoms with van der Waals surface area (Å²) >= 11 is 7.50. The Kier molecular flexibility index (Phi) is 4.29. The van der Waals surface area contributed by atoms with Gasteiger partial charge in [-0.3, -0.25) is 14.0 Å². The number of hydrogen-bond donors (Lipinski definition) is 2. The maximum Gasteiger partial charge on any atom is 0.275 e. The van der Waals surface area contributed by atoms with Crippen molar-refractivity contribution >= 4 is 39.5 Å². The van der Waals surface area contributed by atoms with Crippen LogP contribution in [0.3, 0.4) is 0 Å². The average molecular weight is 364 g/mol. The van der Waals surface area contributed by atoms with Gasteiger partial charge in [0.25, 0.3) is 11.5 Å². The number of halogens is 1. The predicted octanol–water partition coefficient (Wildman–Crippen LogP) is 3.49.